The molecule has 11 heteroatoms. The van der Waals surface area contributed by atoms with Gasteiger partial charge in [-0.2, -0.15) is 5.26 Å². The summed E-state index contributed by atoms with van der Waals surface area (Å²) >= 11 is 6.41. The molecule has 1 amide bonds. The highest BCUT2D eigenvalue weighted by atomic mass is 32.2. The lowest BCUT2D eigenvalue weighted by molar-refractivity contribution is -0.137. The van der Waals surface area contributed by atoms with Gasteiger partial charge >= 0.3 is 5.97 Å². The number of aliphatic carboxylic acids is 1. The van der Waals surface area contributed by atoms with Crippen LogP contribution in [0.25, 0.3) is 6.08 Å². The highest BCUT2D eigenvalue weighted by Crippen LogP contribution is 2.36. The highest BCUT2D eigenvalue weighted by molar-refractivity contribution is 8.26. The predicted molar refractivity (Wildman–Crippen MR) is 144 cm³/mol. The standard InChI is InChI=1S/C25H25N5O4S2/c1-16-18(14-20-24(34)30(25(35)36-20)9-8-21(31)32)22(27(2)23(33)19(16)15-26)29-12-10-28(11-13-29)17-6-4-3-5-7-17/h3-7,14H,8-13H2,1-2H3,(H,31,32)/b20-14+. The molecule has 186 valence electrons. The van der Waals surface area contributed by atoms with Gasteiger partial charge in [-0.25, -0.2) is 0 Å². The highest BCUT2D eigenvalue weighted by Gasteiger charge is 2.33. The topological polar surface area (TPSA) is 110 Å². The first-order valence-electron chi connectivity index (χ1n) is 11.4. The monoisotopic (exact) mass is 523 g/mol. The minimum Gasteiger partial charge on any atom is -0.481 e. The van der Waals surface area contributed by atoms with E-state index < -0.39 is 5.97 Å². The van der Waals surface area contributed by atoms with Gasteiger partial charge < -0.3 is 14.9 Å². The van der Waals surface area contributed by atoms with Crippen molar-refractivity contribution in [2.24, 2.45) is 7.05 Å². The second-order valence-electron chi connectivity index (χ2n) is 8.50. The maximum Gasteiger partial charge on any atom is 0.305 e. The quantitative estimate of drug-likeness (QED) is 0.451. The average Bonchev–Trinajstić information content (AvgIpc) is 3.14. The number of hydrogen-bond acceptors (Lipinski definition) is 8. The molecule has 0 atom stereocenters. The maximum absolute atomic E-state index is 13.0. The number of hydrogen-bond donors (Lipinski definition) is 1. The van der Waals surface area contributed by atoms with Gasteiger partial charge in [0.25, 0.3) is 11.5 Å². The van der Waals surface area contributed by atoms with Crippen LogP contribution in [0.2, 0.25) is 0 Å². The van der Waals surface area contributed by atoms with Crippen LogP contribution in [0.5, 0.6) is 0 Å². The van der Waals surface area contributed by atoms with Crippen LogP contribution in [0.1, 0.15) is 23.1 Å². The van der Waals surface area contributed by atoms with E-state index in [0.29, 0.717) is 34.9 Å². The number of anilines is 2. The second kappa shape index (κ2) is 10.6. The fourth-order valence-electron chi connectivity index (χ4n) is 4.44. The van der Waals surface area contributed by atoms with E-state index in [0.717, 1.165) is 30.5 Å². The molecular weight excluding hydrogens is 498 g/mol. The number of nitriles is 1. The van der Waals surface area contributed by atoms with E-state index in [-0.39, 0.29) is 34.3 Å². The van der Waals surface area contributed by atoms with Gasteiger partial charge in [0.1, 0.15) is 21.8 Å². The molecule has 2 aromatic rings. The number of benzene rings is 1. The zero-order valence-corrected chi connectivity index (χ0v) is 21.6. The minimum absolute atomic E-state index is 0.0126. The van der Waals surface area contributed by atoms with Crippen molar-refractivity contribution in [3.63, 3.8) is 0 Å². The van der Waals surface area contributed by atoms with Gasteiger partial charge in [0.15, 0.2) is 0 Å². The number of thiocarbonyl (C=S) groups is 1. The number of thioether (sulfide) groups is 1. The summed E-state index contributed by atoms with van der Waals surface area (Å²) in [6, 6.07) is 12.1. The van der Waals surface area contributed by atoms with Gasteiger partial charge in [-0.05, 0) is 30.7 Å². The Morgan fingerprint density at radius 2 is 1.81 bits per heavy atom. The van der Waals surface area contributed by atoms with E-state index in [1.165, 1.54) is 9.47 Å². The summed E-state index contributed by atoms with van der Waals surface area (Å²) in [5.74, 6) is -0.754. The molecule has 2 fully saturated rings. The molecule has 1 N–H and O–H groups in total. The third-order valence-corrected chi connectivity index (χ3v) is 7.74. The van der Waals surface area contributed by atoms with Crippen molar-refractivity contribution in [3.05, 3.63) is 62.3 Å². The Labute approximate surface area is 218 Å². The van der Waals surface area contributed by atoms with Crippen LogP contribution in [0.4, 0.5) is 11.5 Å². The largest absolute Gasteiger partial charge is 0.481 e. The third-order valence-electron chi connectivity index (χ3n) is 6.37. The smallest absolute Gasteiger partial charge is 0.305 e. The molecule has 0 aliphatic carbocycles. The zero-order chi connectivity index (χ0) is 26.0. The first-order valence-corrected chi connectivity index (χ1v) is 12.6. The van der Waals surface area contributed by atoms with Crippen molar-refractivity contribution in [2.75, 3.05) is 42.5 Å². The Morgan fingerprint density at radius 3 is 2.42 bits per heavy atom. The lowest BCUT2D eigenvalue weighted by atomic mass is 10.0. The summed E-state index contributed by atoms with van der Waals surface area (Å²) in [6.45, 7) is 4.48. The summed E-state index contributed by atoms with van der Waals surface area (Å²) in [4.78, 5) is 43.0. The van der Waals surface area contributed by atoms with Crippen LogP contribution < -0.4 is 15.4 Å². The number of carbonyl (C=O) groups is 2. The summed E-state index contributed by atoms with van der Waals surface area (Å²) in [7, 11) is 1.64. The summed E-state index contributed by atoms with van der Waals surface area (Å²) in [5, 5.41) is 18.7. The molecule has 0 saturated carbocycles. The molecular formula is C25H25N5O4S2. The maximum atomic E-state index is 13.0. The number of carboxylic acid groups (broad SMARTS) is 1. The van der Waals surface area contributed by atoms with Crippen molar-refractivity contribution in [1.29, 1.82) is 5.26 Å². The Morgan fingerprint density at radius 1 is 1.17 bits per heavy atom. The minimum atomic E-state index is -1.02. The van der Waals surface area contributed by atoms with Gasteiger partial charge in [0.2, 0.25) is 0 Å². The first kappa shape index (κ1) is 25.5. The van der Waals surface area contributed by atoms with Gasteiger partial charge in [-0.15, -0.1) is 0 Å². The van der Waals surface area contributed by atoms with Crippen molar-refractivity contribution in [3.8, 4) is 6.07 Å². The molecule has 0 bridgehead atoms. The van der Waals surface area contributed by atoms with E-state index in [4.69, 9.17) is 17.3 Å². The van der Waals surface area contributed by atoms with E-state index in [2.05, 4.69) is 21.9 Å². The Bertz CT molecular complexity index is 1360. The molecule has 2 aliphatic rings. The molecule has 0 radical (unpaired) electrons. The number of aromatic nitrogens is 1. The van der Waals surface area contributed by atoms with E-state index in [1.54, 1.807) is 20.0 Å². The number of carboxylic acids is 1. The fourth-order valence-corrected chi connectivity index (χ4v) is 5.73. The van der Waals surface area contributed by atoms with Crippen LogP contribution in [0, 0.1) is 18.3 Å². The summed E-state index contributed by atoms with van der Waals surface area (Å²) in [6.07, 6.45) is 1.46. The number of pyridine rings is 1. The zero-order valence-electron chi connectivity index (χ0n) is 19.9. The van der Waals surface area contributed by atoms with Crippen LogP contribution >= 0.6 is 24.0 Å². The molecule has 0 unspecified atom stereocenters. The Balaban J connectivity index is 1.71. The van der Waals surface area contributed by atoms with Gasteiger partial charge in [-0.3, -0.25) is 23.9 Å². The van der Waals surface area contributed by atoms with E-state index in [9.17, 15) is 19.6 Å². The second-order valence-corrected chi connectivity index (χ2v) is 10.2. The van der Waals surface area contributed by atoms with Crippen molar-refractivity contribution in [1.82, 2.24) is 9.47 Å². The Hall–Kier alpha value is -3.62. The molecule has 36 heavy (non-hydrogen) atoms. The molecule has 9 nitrogen and oxygen atoms in total. The number of carbonyl (C=O) groups excluding carboxylic acids is 1. The molecule has 0 spiro atoms. The Kier molecular flexibility index (Phi) is 7.47. The van der Waals surface area contributed by atoms with Gasteiger partial charge in [-0.1, -0.05) is 42.2 Å². The number of para-hydroxylation sites is 1. The molecule has 3 heterocycles. The lowest BCUT2D eigenvalue weighted by Gasteiger charge is -2.38. The normalized spacial score (nSPS) is 17.1. The molecule has 2 aliphatic heterocycles. The number of amides is 1. The third kappa shape index (κ3) is 4.87. The van der Waals surface area contributed by atoms with E-state index >= 15 is 0 Å². The molecule has 2 saturated heterocycles. The summed E-state index contributed by atoms with van der Waals surface area (Å²) in [5.41, 5.74) is 1.88. The predicted octanol–water partition coefficient (Wildman–Crippen LogP) is 2.57. The summed E-state index contributed by atoms with van der Waals surface area (Å²) < 4.78 is 1.76. The number of rotatable bonds is 6. The molecule has 1 aromatic carbocycles. The lowest BCUT2D eigenvalue weighted by Crippen LogP contribution is -2.48. The van der Waals surface area contributed by atoms with Gasteiger partial charge in [0.05, 0.1) is 11.3 Å². The molecule has 1 aromatic heterocycles. The van der Waals surface area contributed by atoms with Crippen molar-refractivity contribution in [2.45, 2.75) is 13.3 Å². The number of nitrogens with zero attached hydrogens (tertiary/aromatic N) is 5. The van der Waals surface area contributed by atoms with Crippen LogP contribution in [-0.4, -0.2) is 63.5 Å². The molecule has 4 rings (SSSR count). The SMILES string of the molecule is Cc1c(/C=C2/SC(=S)N(CCC(=O)O)C2=O)c(N2CCN(c3ccccc3)CC2)n(C)c(=O)c1C#N. The number of piperazine rings is 1. The van der Waals surface area contributed by atoms with Crippen LogP contribution in [0.3, 0.4) is 0 Å². The average molecular weight is 524 g/mol. The fraction of sp³-hybridized carbons (Fsp3) is 0.320. The van der Waals surface area contributed by atoms with E-state index in [1.807, 2.05) is 24.3 Å². The van der Waals surface area contributed by atoms with Crippen molar-refractivity contribution >= 4 is 57.8 Å². The van der Waals surface area contributed by atoms with Crippen LogP contribution in [0.15, 0.2) is 40.0 Å². The van der Waals surface area contributed by atoms with Crippen molar-refractivity contribution < 1.29 is 14.7 Å². The first-order chi connectivity index (χ1) is 17.2. The van der Waals surface area contributed by atoms with Gasteiger partial charge in [0, 0.05) is 51.0 Å². The van der Waals surface area contributed by atoms with Crippen LogP contribution in [-0.2, 0) is 16.6 Å².